The van der Waals surface area contributed by atoms with Crippen LogP contribution in [0.5, 0.6) is 0 Å². The zero-order valence-corrected chi connectivity index (χ0v) is 15.9. The third-order valence-corrected chi connectivity index (χ3v) is 6.49. The van der Waals surface area contributed by atoms with Crippen LogP contribution in [0.3, 0.4) is 0 Å². The number of rotatable bonds is 1. The summed E-state index contributed by atoms with van der Waals surface area (Å²) in [4.78, 5) is 0. The summed E-state index contributed by atoms with van der Waals surface area (Å²) >= 11 is 0. The maximum Gasteiger partial charge on any atom is 0.0725 e. The minimum atomic E-state index is -0.245. The van der Waals surface area contributed by atoms with E-state index in [1.165, 1.54) is 50.1 Å². The van der Waals surface area contributed by atoms with Gasteiger partial charge in [-0.05, 0) is 63.1 Å². The predicted molar refractivity (Wildman–Crippen MR) is 117 cm³/mol. The third-order valence-electron chi connectivity index (χ3n) is 6.49. The van der Waals surface area contributed by atoms with Gasteiger partial charge >= 0.3 is 0 Å². The van der Waals surface area contributed by atoms with Crippen molar-refractivity contribution in [1.29, 1.82) is 0 Å². The molecule has 0 aliphatic heterocycles. The fraction of sp³-hybridized carbons (Fsp3) is 0.0714. The van der Waals surface area contributed by atoms with Crippen molar-refractivity contribution in [3.8, 4) is 22.3 Å². The summed E-state index contributed by atoms with van der Waals surface area (Å²) < 4.78 is 0. The van der Waals surface area contributed by atoms with Gasteiger partial charge in [0.2, 0.25) is 0 Å². The summed E-state index contributed by atoms with van der Waals surface area (Å²) in [5.41, 5.74) is 13.0. The zero-order chi connectivity index (χ0) is 18.9. The minimum absolute atomic E-state index is 0.245. The maximum atomic E-state index is 4.20. The largest absolute Gasteiger partial charge is 0.0955 e. The Hall–Kier alpha value is -3.38. The first-order valence-electron chi connectivity index (χ1n) is 9.82. The topological polar surface area (TPSA) is 0 Å². The first-order chi connectivity index (χ1) is 13.7. The van der Waals surface area contributed by atoms with E-state index in [-0.39, 0.29) is 5.41 Å². The van der Waals surface area contributed by atoms with Gasteiger partial charge < -0.3 is 0 Å². The molecule has 28 heavy (non-hydrogen) atoms. The van der Waals surface area contributed by atoms with Crippen LogP contribution in [0.4, 0.5) is 0 Å². The van der Waals surface area contributed by atoms with Gasteiger partial charge in [0.15, 0.2) is 0 Å². The first kappa shape index (κ1) is 15.7. The highest BCUT2D eigenvalue weighted by molar-refractivity contribution is 5.95. The third kappa shape index (κ3) is 1.71. The van der Waals surface area contributed by atoms with E-state index in [0.29, 0.717) is 0 Å². The minimum Gasteiger partial charge on any atom is -0.0955 e. The lowest BCUT2D eigenvalue weighted by Gasteiger charge is -2.30. The highest BCUT2D eigenvalue weighted by Crippen LogP contribution is 2.62. The average Bonchev–Trinajstić information content (AvgIpc) is 3.21. The molecule has 0 heteroatoms. The Labute approximate surface area is 165 Å². The second-order valence-corrected chi connectivity index (χ2v) is 7.93. The second kappa shape index (κ2) is 5.33. The van der Waals surface area contributed by atoms with Crippen LogP contribution in [-0.4, -0.2) is 0 Å². The van der Waals surface area contributed by atoms with Crippen LogP contribution < -0.4 is 0 Å². The second-order valence-electron chi connectivity index (χ2n) is 7.93. The van der Waals surface area contributed by atoms with Gasteiger partial charge in [-0.25, -0.2) is 0 Å². The molecule has 6 rings (SSSR count). The van der Waals surface area contributed by atoms with E-state index in [1.807, 2.05) is 0 Å². The van der Waals surface area contributed by atoms with Crippen molar-refractivity contribution in [2.24, 2.45) is 0 Å². The molecule has 1 spiro atoms. The summed E-state index contributed by atoms with van der Waals surface area (Å²) in [7, 11) is 0. The van der Waals surface area contributed by atoms with Crippen molar-refractivity contribution in [1.82, 2.24) is 0 Å². The molecule has 0 amide bonds. The number of hydrogen-bond acceptors (Lipinski definition) is 0. The summed E-state index contributed by atoms with van der Waals surface area (Å²) in [5.74, 6) is 0. The molecule has 0 atom stereocenters. The molecule has 2 aliphatic carbocycles. The van der Waals surface area contributed by atoms with Crippen LogP contribution in [0.15, 0.2) is 97.6 Å². The Morgan fingerprint density at radius 3 is 1.46 bits per heavy atom. The Balaban J connectivity index is 1.85. The number of allylic oxidation sites excluding steroid dienone is 1. The molecule has 0 radical (unpaired) electrons. The van der Waals surface area contributed by atoms with Gasteiger partial charge in [-0.15, -0.1) is 0 Å². The molecule has 4 aromatic rings. The number of fused-ring (bicyclic) bond motifs is 10. The summed E-state index contributed by atoms with van der Waals surface area (Å²) in [5, 5.41) is 0. The molecule has 0 nitrogen and oxygen atoms in total. The van der Waals surface area contributed by atoms with Crippen LogP contribution in [0.2, 0.25) is 0 Å². The van der Waals surface area contributed by atoms with Crippen LogP contribution in [0, 0.1) is 0 Å². The highest BCUT2D eigenvalue weighted by Gasteiger charge is 2.51. The van der Waals surface area contributed by atoms with E-state index in [0.717, 1.165) is 5.57 Å². The van der Waals surface area contributed by atoms with Crippen molar-refractivity contribution in [3.63, 3.8) is 0 Å². The smallest absolute Gasteiger partial charge is 0.0725 e. The monoisotopic (exact) mass is 356 g/mol. The van der Waals surface area contributed by atoms with Crippen LogP contribution >= 0.6 is 0 Å². The molecule has 0 N–H and O–H groups in total. The number of hydrogen-bond donors (Lipinski definition) is 0. The van der Waals surface area contributed by atoms with Gasteiger partial charge in [0.1, 0.15) is 0 Å². The molecule has 0 saturated heterocycles. The van der Waals surface area contributed by atoms with Crippen molar-refractivity contribution in [2.45, 2.75) is 12.3 Å². The van der Waals surface area contributed by atoms with Gasteiger partial charge in [0, 0.05) is 0 Å². The van der Waals surface area contributed by atoms with Gasteiger partial charge in [-0.3, -0.25) is 0 Å². The van der Waals surface area contributed by atoms with Gasteiger partial charge in [0.05, 0.1) is 5.41 Å². The fourth-order valence-electron chi connectivity index (χ4n) is 5.36. The lowest BCUT2D eigenvalue weighted by molar-refractivity contribution is 0.793. The summed E-state index contributed by atoms with van der Waals surface area (Å²) in [6.07, 6.45) is 0. The Bertz CT molecular complexity index is 1230. The fourth-order valence-corrected chi connectivity index (χ4v) is 5.36. The van der Waals surface area contributed by atoms with Crippen molar-refractivity contribution in [3.05, 3.63) is 125 Å². The lowest BCUT2D eigenvalue weighted by atomic mass is 9.70. The Morgan fingerprint density at radius 2 is 1.00 bits per heavy atom. The first-order valence-corrected chi connectivity index (χ1v) is 9.82. The molecular weight excluding hydrogens is 336 g/mol. The van der Waals surface area contributed by atoms with E-state index in [4.69, 9.17) is 0 Å². The SMILES string of the molecule is C=C(C)c1ccc2c(c1)C1(c3ccccc3-c3ccccc31)c1ccccc1-2. The predicted octanol–water partition coefficient (Wildman–Crippen LogP) is 7.06. The van der Waals surface area contributed by atoms with E-state index in [1.54, 1.807) is 0 Å². The van der Waals surface area contributed by atoms with Gasteiger partial charge in [-0.1, -0.05) is 97.1 Å². The van der Waals surface area contributed by atoms with E-state index in [9.17, 15) is 0 Å². The van der Waals surface area contributed by atoms with Crippen molar-refractivity contribution in [2.75, 3.05) is 0 Å². The highest BCUT2D eigenvalue weighted by atomic mass is 14.5. The molecule has 4 aromatic carbocycles. The van der Waals surface area contributed by atoms with Gasteiger partial charge in [-0.2, -0.15) is 0 Å². The summed E-state index contributed by atoms with van der Waals surface area (Å²) in [6, 6.07) is 33.6. The molecule has 0 aromatic heterocycles. The van der Waals surface area contributed by atoms with E-state index in [2.05, 4.69) is 104 Å². The van der Waals surface area contributed by atoms with E-state index >= 15 is 0 Å². The molecule has 0 fully saturated rings. The average molecular weight is 356 g/mol. The van der Waals surface area contributed by atoms with Crippen molar-refractivity contribution < 1.29 is 0 Å². The zero-order valence-electron chi connectivity index (χ0n) is 15.9. The molecular formula is C28H20. The maximum absolute atomic E-state index is 4.20. The lowest BCUT2D eigenvalue weighted by Crippen LogP contribution is -2.25. The summed E-state index contributed by atoms with van der Waals surface area (Å²) in [6.45, 7) is 6.29. The number of benzene rings is 4. The molecule has 2 aliphatic rings. The van der Waals surface area contributed by atoms with Crippen LogP contribution in [0.25, 0.3) is 27.8 Å². The Kier molecular flexibility index (Phi) is 2.98. The van der Waals surface area contributed by atoms with Crippen LogP contribution in [-0.2, 0) is 5.41 Å². The molecule has 0 bridgehead atoms. The standard InChI is InChI=1S/C28H20/c1-18(2)19-15-16-23-22-11-5-8-14-26(22)28(27(23)17-19)24-12-6-3-9-20(24)21-10-4-7-13-25(21)28/h3-17H,1H2,2H3. The van der Waals surface area contributed by atoms with Crippen molar-refractivity contribution >= 4 is 5.57 Å². The van der Waals surface area contributed by atoms with Gasteiger partial charge in [0.25, 0.3) is 0 Å². The molecule has 0 unspecified atom stereocenters. The Morgan fingerprint density at radius 1 is 0.571 bits per heavy atom. The molecule has 132 valence electrons. The molecule has 0 heterocycles. The molecule has 0 saturated carbocycles. The van der Waals surface area contributed by atoms with Crippen LogP contribution in [0.1, 0.15) is 34.7 Å². The quantitative estimate of drug-likeness (QED) is 0.296. The van der Waals surface area contributed by atoms with E-state index < -0.39 is 0 Å². The normalized spacial score (nSPS) is 14.3.